The molecule has 0 fully saturated rings. The van der Waals surface area contributed by atoms with E-state index in [1.165, 1.54) is 81.9 Å². The van der Waals surface area contributed by atoms with Crippen LogP contribution in [-0.2, 0) is 16.7 Å². The van der Waals surface area contributed by atoms with Crippen LogP contribution in [0.4, 0.5) is 11.4 Å². The quantitative estimate of drug-likeness (QED) is 0.230. The van der Waals surface area contributed by atoms with Crippen LogP contribution in [0.5, 0.6) is 0 Å². The first-order valence-electron chi connectivity index (χ1n) is 12.7. The number of benzene rings is 2. The van der Waals surface area contributed by atoms with Crippen LogP contribution in [0, 0.1) is 0 Å². The van der Waals surface area contributed by atoms with Crippen molar-refractivity contribution in [3.05, 3.63) is 54.1 Å². The first-order chi connectivity index (χ1) is 16.0. The number of unbranched alkanes of at least 4 members (excludes halogenated alkanes) is 10. The first kappa shape index (κ1) is 29.2. The molecule has 0 aromatic heterocycles. The molecule has 0 amide bonds. The van der Waals surface area contributed by atoms with Crippen molar-refractivity contribution in [2.75, 3.05) is 10.2 Å². The molecule has 0 saturated heterocycles. The summed E-state index contributed by atoms with van der Waals surface area (Å²) in [6.45, 7) is 3.00. The molecule has 1 atom stereocenters. The Labute approximate surface area is 228 Å². The fourth-order valence-electron chi connectivity index (χ4n) is 4.67. The Balaban J connectivity index is 0.00000408. The summed E-state index contributed by atoms with van der Waals surface area (Å²) >= 11 is 0. The van der Waals surface area contributed by atoms with Gasteiger partial charge in [-0.1, -0.05) is 101 Å². The zero-order valence-electron chi connectivity index (χ0n) is 21.0. The molecular weight excluding hydrogens is 455 g/mol. The monoisotopic (exact) mass is 494 g/mol. The van der Waals surface area contributed by atoms with Gasteiger partial charge in [-0.3, -0.25) is 0 Å². The Kier molecular flexibility index (Phi) is 13.0. The summed E-state index contributed by atoms with van der Waals surface area (Å²) in [6, 6.07) is 14.9. The number of hydrogen-bond donors (Lipinski definition) is 1. The molecule has 1 unspecified atom stereocenters. The Hall–Kier alpha value is -1.05. The number of nitrogens with zero attached hydrogens (tertiary/aromatic N) is 1. The molecule has 1 N–H and O–H groups in total. The number of rotatable bonds is 15. The van der Waals surface area contributed by atoms with E-state index >= 15 is 0 Å². The van der Waals surface area contributed by atoms with E-state index in [4.69, 9.17) is 0 Å². The summed E-state index contributed by atoms with van der Waals surface area (Å²) < 4.78 is 34.4. The molecule has 0 radical (unpaired) electrons. The van der Waals surface area contributed by atoms with Crippen LogP contribution in [0.3, 0.4) is 0 Å². The van der Waals surface area contributed by atoms with Crippen LogP contribution >= 0.6 is 0 Å². The van der Waals surface area contributed by atoms with Gasteiger partial charge in [-0.2, -0.15) is 0 Å². The molecule has 2 aromatic carbocycles. The number of nitrogens with one attached hydrogen (secondary N) is 1. The van der Waals surface area contributed by atoms with Gasteiger partial charge in [-0.25, -0.2) is 8.42 Å². The second-order valence-electron chi connectivity index (χ2n) is 9.23. The van der Waals surface area contributed by atoms with E-state index in [9.17, 15) is 13.0 Å². The molecule has 7 heteroatoms. The Morgan fingerprint density at radius 3 is 2.03 bits per heavy atom. The molecule has 0 bridgehead atoms. The summed E-state index contributed by atoms with van der Waals surface area (Å²) in [7, 11) is -4.47. The van der Waals surface area contributed by atoms with Crippen molar-refractivity contribution in [1.29, 1.82) is 0 Å². The molecule has 34 heavy (non-hydrogen) atoms. The largest absolute Gasteiger partial charge is 1.00 e. The van der Waals surface area contributed by atoms with Gasteiger partial charge in [-0.15, -0.1) is 0 Å². The topological polar surface area (TPSA) is 72.5 Å². The number of anilines is 2. The van der Waals surface area contributed by atoms with Crippen molar-refractivity contribution in [3.63, 3.8) is 0 Å². The summed E-state index contributed by atoms with van der Waals surface area (Å²) in [4.78, 5) is 2.12. The van der Waals surface area contributed by atoms with Crippen molar-refractivity contribution < 1.29 is 42.5 Å². The van der Waals surface area contributed by atoms with Crippen molar-refractivity contribution in [2.24, 2.45) is 0 Å². The molecule has 0 spiro atoms. The van der Waals surface area contributed by atoms with Gasteiger partial charge in [0.1, 0.15) is 10.1 Å². The molecule has 1 heterocycles. The third-order valence-electron chi connectivity index (χ3n) is 6.54. The van der Waals surface area contributed by atoms with Crippen LogP contribution in [0.2, 0.25) is 0 Å². The zero-order chi connectivity index (χ0) is 23.5. The van der Waals surface area contributed by atoms with Gasteiger partial charge < -0.3 is 14.8 Å². The van der Waals surface area contributed by atoms with Gasteiger partial charge in [-0.05, 0) is 36.6 Å². The third kappa shape index (κ3) is 9.19. The van der Waals surface area contributed by atoms with Gasteiger partial charge in [0.2, 0.25) is 0 Å². The predicted octanol–water partition coefficient (Wildman–Crippen LogP) is 4.05. The van der Waals surface area contributed by atoms with E-state index in [-0.39, 0.29) is 40.6 Å². The molecule has 0 saturated carbocycles. The minimum atomic E-state index is -4.47. The summed E-state index contributed by atoms with van der Waals surface area (Å²) in [6.07, 6.45) is 15.5. The molecule has 0 aliphatic carbocycles. The third-order valence-corrected chi connectivity index (χ3v) is 7.37. The second kappa shape index (κ2) is 15.1. The maximum atomic E-state index is 11.5. The average Bonchev–Trinajstić information content (AvgIpc) is 3.14. The van der Waals surface area contributed by atoms with Crippen LogP contribution in [-0.4, -0.2) is 19.1 Å². The molecule has 5 nitrogen and oxygen atoms in total. The van der Waals surface area contributed by atoms with Gasteiger partial charge in [0.15, 0.2) is 0 Å². The van der Waals surface area contributed by atoms with Crippen LogP contribution in [0.15, 0.2) is 53.4 Å². The first-order valence-corrected chi connectivity index (χ1v) is 14.1. The van der Waals surface area contributed by atoms with Crippen molar-refractivity contribution in [2.45, 2.75) is 102 Å². The van der Waals surface area contributed by atoms with Crippen molar-refractivity contribution in [3.8, 4) is 0 Å². The van der Waals surface area contributed by atoms with Crippen LogP contribution < -0.4 is 39.8 Å². The fourth-order valence-corrected chi connectivity index (χ4v) is 5.16. The van der Waals surface area contributed by atoms with Gasteiger partial charge in [0.05, 0.1) is 22.4 Å². The van der Waals surface area contributed by atoms with E-state index in [1.807, 2.05) is 18.2 Å². The van der Waals surface area contributed by atoms with E-state index in [1.54, 1.807) is 6.07 Å². The minimum absolute atomic E-state index is 0. The molecule has 2 aromatic rings. The normalized spacial score (nSPS) is 15.0. The Bertz CT molecular complexity index is 954. The SMILES string of the molecule is CCCCCCCCCCCCCC1Nc2cc(S(=O)(=O)[O-])ccc2N1Cc1ccccc1.[Na+]. The average molecular weight is 495 g/mol. The van der Waals surface area contributed by atoms with Gasteiger partial charge in [0, 0.05) is 6.54 Å². The standard InChI is InChI=1S/C27H40N2O3S.Na/c1-2-3-4-5-6-7-8-9-10-11-15-18-27-28-25-21-24(33(30,31)32)19-20-26(25)29(27)22-23-16-13-12-14-17-23;/h12-14,16-17,19-21,27-28H,2-11,15,18,22H2,1H3,(H,30,31,32);/q;+1/p-1. The van der Waals surface area contributed by atoms with Crippen molar-refractivity contribution >= 4 is 21.5 Å². The second-order valence-corrected chi connectivity index (χ2v) is 10.6. The molecular formula is C27H39N2NaO3S. The molecule has 182 valence electrons. The molecule has 1 aliphatic rings. The zero-order valence-corrected chi connectivity index (χ0v) is 23.8. The smallest absolute Gasteiger partial charge is 0.744 e. The number of hydrogen-bond acceptors (Lipinski definition) is 5. The number of fused-ring (bicyclic) bond motifs is 1. The minimum Gasteiger partial charge on any atom is -0.744 e. The van der Waals surface area contributed by atoms with E-state index in [0.717, 1.165) is 30.8 Å². The molecule has 3 rings (SSSR count). The summed E-state index contributed by atoms with van der Waals surface area (Å²) in [5, 5.41) is 3.48. The Morgan fingerprint density at radius 2 is 1.44 bits per heavy atom. The van der Waals surface area contributed by atoms with E-state index in [2.05, 4.69) is 29.3 Å². The van der Waals surface area contributed by atoms with Crippen molar-refractivity contribution in [1.82, 2.24) is 0 Å². The maximum Gasteiger partial charge on any atom is 1.00 e. The predicted molar refractivity (Wildman–Crippen MR) is 136 cm³/mol. The summed E-state index contributed by atoms with van der Waals surface area (Å²) in [5.41, 5.74) is 2.90. The fraction of sp³-hybridized carbons (Fsp3) is 0.556. The maximum absolute atomic E-state index is 11.5. The van der Waals surface area contributed by atoms with Gasteiger partial charge in [0.25, 0.3) is 0 Å². The summed E-state index contributed by atoms with van der Waals surface area (Å²) in [5.74, 6) is 0. The van der Waals surface area contributed by atoms with Crippen LogP contribution in [0.1, 0.15) is 89.5 Å². The van der Waals surface area contributed by atoms with Crippen LogP contribution in [0.25, 0.3) is 0 Å². The van der Waals surface area contributed by atoms with E-state index in [0.29, 0.717) is 0 Å². The van der Waals surface area contributed by atoms with Gasteiger partial charge >= 0.3 is 29.6 Å². The van der Waals surface area contributed by atoms with E-state index < -0.39 is 10.1 Å². The molecule has 1 aliphatic heterocycles. The Morgan fingerprint density at radius 1 is 0.853 bits per heavy atom.